The second-order valence-electron chi connectivity index (χ2n) is 6.52. The van der Waals surface area contributed by atoms with E-state index in [4.69, 9.17) is 0 Å². The molecular weight excluding hydrogens is 226 g/mol. The van der Waals surface area contributed by atoms with Crippen molar-refractivity contribution in [3.63, 3.8) is 0 Å². The number of aromatic amines is 1. The minimum atomic E-state index is -0.000272. The Kier molecular flexibility index (Phi) is 2.50. The highest BCUT2D eigenvalue weighted by Gasteiger charge is 2.56. The van der Waals surface area contributed by atoms with Gasteiger partial charge in [0, 0.05) is 12.2 Å². The maximum Gasteiger partial charge on any atom is 0.254 e. The molecule has 0 radical (unpaired) electrons. The zero-order chi connectivity index (χ0) is 12.9. The molecule has 2 N–H and O–H groups in total. The van der Waals surface area contributed by atoms with Crippen molar-refractivity contribution < 1.29 is 4.79 Å². The fraction of sp³-hybridized carbons (Fsp3) is 0.714. The molecule has 2 bridgehead atoms. The van der Waals surface area contributed by atoms with Crippen LogP contribution in [0.2, 0.25) is 0 Å². The number of nitrogens with zero attached hydrogens (tertiary/aromatic N) is 1. The smallest absolute Gasteiger partial charge is 0.254 e. The summed E-state index contributed by atoms with van der Waals surface area (Å²) < 4.78 is 0. The lowest BCUT2D eigenvalue weighted by atomic mass is 9.45. The highest BCUT2D eigenvalue weighted by atomic mass is 16.1. The summed E-state index contributed by atoms with van der Waals surface area (Å²) in [5.74, 6) is 2.10. The number of carbonyl (C=O) groups excluding carboxylic acids is 1. The number of carbonyl (C=O) groups is 1. The Labute approximate surface area is 108 Å². The van der Waals surface area contributed by atoms with Crippen LogP contribution in [0.1, 0.15) is 44.0 Å². The molecule has 4 nitrogen and oxygen atoms in total. The molecule has 1 amide bonds. The molecular formula is C14H21N3O. The van der Waals surface area contributed by atoms with Crippen molar-refractivity contribution in [3.8, 4) is 0 Å². The van der Waals surface area contributed by atoms with E-state index in [1.165, 1.54) is 6.42 Å². The SMILES string of the molecule is C[C@@H]1[C@H]2C[C@@H](C[C@H]1NC(=O)c1cn[nH]c1)C2(C)C. The first kappa shape index (κ1) is 11.8. The van der Waals surface area contributed by atoms with Crippen molar-refractivity contribution in [1.82, 2.24) is 15.5 Å². The number of nitrogens with one attached hydrogen (secondary N) is 2. The molecule has 3 saturated carbocycles. The third-order valence-electron chi connectivity index (χ3n) is 5.43. The summed E-state index contributed by atoms with van der Waals surface area (Å²) >= 11 is 0. The molecule has 1 heterocycles. The van der Waals surface area contributed by atoms with Crippen LogP contribution in [0.5, 0.6) is 0 Å². The van der Waals surface area contributed by atoms with Gasteiger partial charge in [0.25, 0.3) is 5.91 Å². The highest BCUT2D eigenvalue weighted by Crippen LogP contribution is 2.61. The van der Waals surface area contributed by atoms with Crippen LogP contribution in [0, 0.1) is 23.2 Å². The van der Waals surface area contributed by atoms with Gasteiger partial charge in [0.2, 0.25) is 0 Å². The molecule has 0 aliphatic heterocycles. The lowest BCUT2D eigenvalue weighted by Crippen LogP contribution is -2.60. The van der Waals surface area contributed by atoms with Gasteiger partial charge in [0.15, 0.2) is 0 Å². The highest BCUT2D eigenvalue weighted by molar-refractivity contribution is 5.93. The predicted molar refractivity (Wildman–Crippen MR) is 69.0 cm³/mol. The third kappa shape index (κ3) is 1.58. The number of fused-ring (bicyclic) bond motifs is 2. The molecule has 0 saturated heterocycles. The molecule has 0 spiro atoms. The van der Waals surface area contributed by atoms with E-state index in [1.54, 1.807) is 12.4 Å². The average molecular weight is 247 g/mol. The molecule has 18 heavy (non-hydrogen) atoms. The maximum absolute atomic E-state index is 12.0. The van der Waals surface area contributed by atoms with Crippen LogP contribution in [-0.4, -0.2) is 22.1 Å². The average Bonchev–Trinajstić information content (AvgIpc) is 2.84. The lowest BCUT2D eigenvalue weighted by Gasteiger charge is -2.62. The standard InChI is InChI=1S/C14H21N3O/c1-8-11-4-10(14(11,2)3)5-12(8)17-13(18)9-6-15-16-7-9/h6-8,10-12H,4-5H2,1-3H3,(H,15,16)(H,17,18)/t8-,10+,11-,12-/m1/s1. The molecule has 3 aliphatic rings. The molecule has 0 aromatic carbocycles. The van der Waals surface area contributed by atoms with E-state index in [2.05, 4.69) is 36.3 Å². The van der Waals surface area contributed by atoms with E-state index in [0.29, 0.717) is 22.9 Å². The first-order valence-corrected chi connectivity index (χ1v) is 6.79. The van der Waals surface area contributed by atoms with Crippen molar-refractivity contribution in [1.29, 1.82) is 0 Å². The monoisotopic (exact) mass is 247 g/mol. The minimum absolute atomic E-state index is 0.000272. The summed E-state index contributed by atoms with van der Waals surface area (Å²) in [6.45, 7) is 7.02. The quantitative estimate of drug-likeness (QED) is 0.841. The van der Waals surface area contributed by atoms with Crippen LogP contribution < -0.4 is 5.32 Å². The molecule has 98 valence electrons. The Morgan fingerprint density at radius 2 is 2.28 bits per heavy atom. The molecule has 3 fully saturated rings. The molecule has 4 rings (SSSR count). The summed E-state index contributed by atoms with van der Waals surface area (Å²) in [5, 5.41) is 9.67. The van der Waals surface area contributed by atoms with Crippen LogP contribution in [-0.2, 0) is 0 Å². The predicted octanol–water partition coefficient (Wildman–Crippen LogP) is 2.21. The first-order chi connectivity index (χ1) is 8.50. The number of aromatic nitrogens is 2. The Morgan fingerprint density at radius 1 is 1.50 bits per heavy atom. The van der Waals surface area contributed by atoms with Crippen LogP contribution in [0.25, 0.3) is 0 Å². The summed E-state index contributed by atoms with van der Waals surface area (Å²) in [5.41, 5.74) is 1.09. The number of hydrogen-bond acceptors (Lipinski definition) is 2. The molecule has 1 aromatic rings. The Balaban J connectivity index is 1.67. The largest absolute Gasteiger partial charge is 0.349 e. The third-order valence-corrected chi connectivity index (χ3v) is 5.43. The molecule has 0 unspecified atom stereocenters. The Hall–Kier alpha value is -1.32. The lowest BCUT2D eigenvalue weighted by molar-refractivity contribution is -0.113. The second-order valence-corrected chi connectivity index (χ2v) is 6.52. The zero-order valence-corrected chi connectivity index (χ0v) is 11.2. The summed E-state index contributed by atoms with van der Waals surface area (Å²) in [4.78, 5) is 12.0. The molecule has 4 heteroatoms. The topological polar surface area (TPSA) is 57.8 Å². The minimum Gasteiger partial charge on any atom is -0.349 e. The van der Waals surface area contributed by atoms with Crippen molar-refractivity contribution in [2.75, 3.05) is 0 Å². The van der Waals surface area contributed by atoms with Gasteiger partial charge >= 0.3 is 0 Å². The number of H-pyrrole nitrogens is 1. The maximum atomic E-state index is 12.0. The zero-order valence-electron chi connectivity index (χ0n) is 11.2. The fourth-order valence-electron chi connectivity index (χ4n) is 3.97. The normalized spacial score (nSPS) is 36.8. The summed E-state index contributed by atoms with van der Waals surface area (Å²) in [6.07, 6.45) is 5.68. The summed E-state index contributed by atoms with van der Waals surface area (Å²) in [7, 11) is 0. The van der Waals surface area contributed by atoms with Gasteiger partial charge < -0.3 is 5.32 Å². The van der Waals surface area contributed by atoms with Crippen LogP contribution in [0.4, 0.5) is 0 Å². The number of hydrogen-bond donors (Lipinski definition) is 2. The van der Waals surface area contributed by atoms with Crippen molar-refractivity contribution in [3.05, 3.63) is 18.0 Å². The van der Waals surface area contributed by atoms with Crippen LogP contribution >= 0.6 is 0 Å². The van der Waals surface area contributed by atoms with E-state index in [0.717, 1.165) is 18.3 Å². The van der Waals surface area contributed by atoms with E-state index < -0.39 is 0 Å². The van der Waals surface area contributed by atoms with E-state index in [1.807, 2.05) is 0 Å². The first-order valence-electron chi connectivity index (χ1n) is 6.79. The van der Waals surface area contributed by atoms with Gasteiger partial charge in [-0.1, -0.05) is 20.8 Å². The molecule has 4 atom stereocenters. The van der Waals surface area contributed by atoms with E-state index in [-0.39, 0.29) is 5.91 Å². The van der Waals surface area contributed by atoms with E-state index >= 15 is 0 Å². The second kappa shape index (κ2) is 3.84. The Morgan fingerprint density at radius 3 is 2.83 bits per heavy atom. The Bertz CT molecular complexity index is 452. The van der Waals surface area contributed by atoms with Gasteiger partial charge in [0.05, 0.1) is 11.8 Å². The summed E-state index contributed by atoms with van der Waals surface area (Å²) in [6, 6.07) is 0.323. The van der Waals surface area contributed by atoms with Gasteiger partial charge in [-0.2, -0.15) is 5.10 Å². The van der Waals surface area contributed by atoms with Crippen LogP contribution in [0.15, 0.2) is 12.4 Å². The van der Waals surface area contributed by atoms with Crippen LogP contribution in [0.3, 0.4) is 0 Å². The van der Waals surface area contributed by atoms with Crippen molar-refractivity contribution in [2.45, 2.75) is 39.7 Å². The van der Waals surface area contributed by atoms with Gasteiger partial charge in [-0.05, 0) is 36.0 Å². The van der Waals surface area contributed by atoms with E-state index in [9.17, 15) is 4.79 Å². The number of rotatable bonds is 2. The van der Waals surface area contributed by atoms with Crippen molar-refractivity contribution >= 4 is 5.91 Å². The van der Waals surface area contributed by atoms with Crippen molar-refractivity contribution in [2.24, 2.45) is 23.2 Å². The fourth-order valence-corrected chi connectivity index (χ4v) is 3.97. The molecule has 3 aliphatic carbocycles. The molecule has 1 aromatic heterocycles. The van der Waals surface area contributed by atoms with Gasteiger partial charge in [-0.25, -0.2) is 0 Å². The van der Waals surface area contributed by atoms with Gasteiger partial charge in [-0.15, -0.1) is 0 Å². The van der Waals surface area contributed by atoms with Gasteiger partial charge in [-0.3, -0.25) is 9.89 Å². The van der Waals surface area contributed by atoms with Gasteiger partial charge in [0.1, 0.15) is 0 Å². The number of amides is 1.